The van der Waals surface area contributed by atoms with Crippen LogP contribution >= 0.6 is 11.6 Å². The predicted molar refractivity (Wildman–Crippen MR) is 122 cm³/mol. The summed E-state index contributed by atoms with van der Waals surface area (Å²) < 4.78 is 10.6. The molecule has 0 fully saturated rings. The second-order valence-electron chi connectivity index (χ2n) is 6.78. The Morgan fingerprint density at radius 1 is 1.24 bits per heavy atom. The molecular formula is C22H15ClN4O6. The van der Waals surface area contributed by atoms with Gasteiger partial charge in [0.05, 0.1) is 23.3 Å². The number of nitro groups is 1. The van der Waals surface area contributed by atoms with Gasteiger partial charge in [0.2, 0.25) is 0 Å². The van der Waals surface area contributed by atoms with Crippen LogP contribution in [0.3, 0.4) is 0 Å². The Morgan fingerprint density at radius 2 is 2.06 bits per heavy atom. The minimum atomic E-state index is -0.905. The second-order valence-corrected chi connectivity index (χ2v) is 7.14. The summed E-state index contributed by atoms with van der Waals surface area (Å²) in [5.74, 6) is -0.175. The zero-order chi connectivity index (χ0) is 23.5. The molecule has 33 heavy (non-hydrogen) atoms. The summed E-state index contributed by atoms with van der Waals surface area (Å²) in [5, 5.41) is 16.0. The number of hydrazone groups is 1. The monoisotopic (exact) mass is 466 g/mol. The van der Waals surface area contributed by atoms with Gasteiger partial charge in [-0.1, -0.05) is 11.6 Å². The quantitative estimate of drug-likeness (QED) is 0.149. The van der Waals surface area contributed by atoms with Crippen molar-refractivity contribution in [2.75, 3.05) is 6.61 Å². The molecule has 2 heterocycles. The van der Waals surface area contributed by atoms with E-state index in [1.807, 2.05) is 6.92 Å². The van der Waals surface area contributed by atoms with Crippen molar-refractivity contribution in [3.63, 3.8) is 0 Å². The lowest BCUT2D eigenvalue weighted by atomic mass is 10.1. The van der Waals surface area contributed by atoms with E-state index in [4.69, 9.17) is 20.8 Å². The molecular weight excluding hydrogens is 452 g/mol. The van der Waals surface area contributed by atoms with Gasteiger partial charge in [-0.3, -0.25) is 14.9 Å². The molecule has 1 N–H and O–H groups in total. The summed E-state index contributed by atoms with van der Waals surface area (Å²) in [7, 11) is 0. The maximum atomic E-state index is 12.4. The Kier molecular flexibility index (Phi) is 6.01. The Balaban J connectivity index is 1.58. The summed E-state index contributed by atoms with van der Waals surface area (Å²) in [6.45, 7) is 2.39. The standard InChI is InChI=1S/C22H15ClN4O6/c1-2-32-16-4-5-18-12(9-16)7-14(20(23)25-18)11-24-26-21(28)17-10-13-8-15(27(30)31)3-6-19(13)33-22(17)29/h3-11H,2H2,1H3,(H,26,28)/b24-11+. The van der Waals surface area contributed by atoms with Crippen LogP contribution in [0.2, 0.25) is 5.15 Å². The highest BCUT2D eigenvalue weighted by atomic mass is 35.5. The predicted octanol–water partition coefficient (Wildman–Crippen LogP) is 4.07. The number of ether oxygens (including phenoxy) is 1. The molecule has 0 radical (unpaired) electrons. The molecule has 0 bridgehead atoms. The molecule has 2 aromatic heterocycles. The fraction of sp³-hybridized carbons (Fsp3) is 0.0909. The molecule has 4 rings (SSSR count). The van der Waals surface area contributed by atoms with Crippen molar-refractivity contribution in [2.45, 2.75) is 6.92 Å². The van der Waals surface area contributed by atoms with E-state index in [-0.39, 0.29) is 27.4 Å². The molecule has 1 amide bonds. The molecule has 0 aliphatic rings. The first-order chi connectivity index (χ1) is 15.9. The lowest BCUT2D eigenvalue weighted by molar-refractivity contribution is -0.384. The molecule has 0 atom stereocenters. The van der Waals surface area contributed by atoms with Crippen molar-refractivity contribution >= 4 is 51.3 Å². The highest BCUT2D eigenvalue weighted by molar-refractivity contribution is 6.32. The number of nitrogens with zero attached hydrogens (tertiary/aromatic N) is 3. The van der Waals surface area contributed by atoms with Crippen molar-refractivity contribution in [1.29, 1.82) is 0 Å². The number of hydrogen-bond donors (Lipinski definition) is 1. The summed E-state index contributed by atoms with van der Waals surface area (Å²) in [5.41, 5.74) is 1.97. The van der Waals surface area contributed by atoms with Gasteiger partial charge in [-0.25, -0.2) is 15.2 Å². The van der Waals surface area contributed by atoms with Crippen LogP contribution in [0.4, 0.5) is 5.69 Å². The van der Waals surface area contributed by atoms with Crippen LogP contribution in [0.15, 0.2) is 62.8 Å². The van der Waals surface area contributed by atoms with Crippen LogP contribution in [0.25, 0.3) is 21.9 Å². The van der Waals surface area contributed by atoms with Crippen molar-refractivity contribution < 1.29 is 18.9 Å². The molecule has 4 aromatic rings. The highest BCUT2D eigenvalue weighted by Crippen LogP contribution is 2.24. The zero-order valence-corrected chi connectivity index (χ0v) is 17.8. The molecule has 11 heteroatoms. The lowest BCUT2D eigenvalue weighted by Gasteiger charge is -2.06. The molecule has 0 aliphatic carbocycles. The Bertz CT molecular complexity index is 1500. The average molecular weight is 467 g/mol. The van der Waals surface area contributed by atoms with Gasteiger partial charge in [-0.2, -0.15) is 5.10 Å². The van der Waals surface area contributed by atoms with Gasteiger partial charge < -0.3 is 9.15 Å². The van der Waals surface area contributed by atoms with E-state index in [1.165, 1.54) is 30.5 Å². The highest BCUT2D eigenvalue weighted by Gasteiger charge is 2.15. The van der Waals surface area contributed by atoms with Crippen molar-refractivity contribution in [2.24, 2.45) is 5.10 Å². The maximum Gasteiger partial charge on any atom is 0.349 e. The number of pyridine rings is 1. The number of carbonyl (C=O) groups excluding carboxylic acids is 1. The average Bonchev–Trinajstić information content (AvgIpc) is 2.79. The molecule has 0 saturated carbocycles. The van der Waals surface area contributed by atoms with Crippen LogP contribution in [0.5, 0.6) is 5.75 Å². The maximum absolute atomic E-state index is 12.4. The van der Waals surface area contributed by atoms with Crippen LogP contribution in [0.1, 0.15) is 22.8 Å². The summed E-state index contributed by atoms with van der Waals surface area (Å²) in [4.78, 5) is 39.3. The Morgan fingerprint density at radius 3 is 2.82 bits per heavy atom. The van der Waals surface area contributed by atoms with E-state index < -0.39 is 16.5 Å². The number of hydrogen-bond acceptors (Lipinski definition) is 8. The third-order valence-electron chi connectivity index (χ3n) is 4.62. The number of aromatic nitrogens is 1. The number of fused-ring (bicyclic) bond motifs is 2. The third-order valence-corrected chi connectivity index (χ3v) is 4.92. The van der Waals surface area contributed by atoms with E-state index >= 15 is 0 Å². The van der Waals surface area contributed by atoms with Gasteiger partial charge in [-0.15, -0.1) is 0 Å². The van der Waals surface area contributed by atoms with Crippen LogP contribution in [-0.2, 0) is 0 Å². The summed E-state index contributed by atoms with van der Waals surface area (Å²) in [6, 6.07) is 12.0. The largest absolute Gasteiger partial charge is 0.494 e. The first kappa shape index (κ1) is 21.9. The third kappa shape index (κ3) is 4.65. The fourth-order valence-electron chi connectivity index (χ4n) is 3.10. The van der Waals surface area contributed by atoms with Crippen LogP contribution in [0, 0.1) is 10.1 Å². The minimum Gasteiger partial charge on any atom is -0.494 e. The number of amides is 1. The van der Waals surface area contributed by atoms with E-state index in [0.29, 0.717) is 23.4 Å². The van der Waals surface area contributed by atoms with Crippen molar-refractivity contribution in [1.82, 2.24) is 10.4 Å². The van der Waals surface area contributed by atoms with Gasteiger partial charge in [0.15, 0.2) is 0 Å². The van der Waals surface area contributed by atoms with Gasteiger partial charge in [0.1, 0.15) is 22.0 Å². The van der Waals surface area contributed by atoms with Gasteiger partial charge >= 0.3 is 5.63 Å². The lowest BCUT2D eigenvalue weighted by Crippen LogP contribution is -2.24. The van der Waals surface area contributed by atoms with Gasteiger partial charge in [0, 0.05) is 28.5 Å². The van der Waals surface area contributed by atoms with Gasteiger partial charge in [0.25, 0.3) is 11.6 Å². The van der Waals surface area contributed by atoms with E-state index in [9.17, 15) is 19.7 Å². The number of non-ortho nitro benzene ring substituents is 1. The molecule has 10 nitrogen and oxygen atoms in total. The van der Waals surface area contributed by atoms with E-state index in [0.717, 1.165) is 5.39 Å². The number of benzene rings is 2. The van der Waals surface area contributed by atoms with Crippen molar-refractivity contribution in [3.05, 3.63) is 85.3 Å². The van der Waals surface area contributed by atoms with Crippen LogP contribution in [-0.4, -0.2) is 28.6 Å². The number of halogens is 1. The zero-order valence-electron chi connectivity index (χ0n) is 17.1. The molecule has 0 saturated heterocycles. The molecule has 2 aromatic carbocycles. The van der Waals surface area contributed by atoms with Crippen molar-refractivity contribution in [3.8, 4) is 5.75 Å². The smallest absolute Gasteiger partial charge is 0.349 e. The number of rotatable bonds is 6. The van der Waals surface area contributed by atoms with Gasteiger partial charge in [-0.05, 0) is 43.3 Å². The SMILES string of the molecule is CCOc1ccc2nc(Cl)c(/C=N/NC(=O)c3cc4cc([N+](=O)[O-])ccc4oc3=O)cc2c1. The summed E-state index contributed by atoms with van der Waals surface area (Å²) >= 11 is 6.20. The number of carbonyl (C=O) groups is 1. The first-order valence-electron chi connectivity index (χ1n) is 9.64. The summed E-state index contributed by atoms with van der Waals surface area (Å²) in [6.07, 6.45) is 1.29. The van der Waals surface area contributed by atoms with E-state index in [1.54, 1.807) is 24.3 Å². The number of nitro benzene ring substituents is 1. The molecule has 0 unspecified atom stereocenters. The molecule has 0 spiro atoms. The molecule has 166 valence electrons. The Hall–Kier alpha value is -4.31. The first-order valence-corrected chi connectivity index (χ1v) is 10.0. The van der Waals surface area contributed by atoms with Crippen LogP contribution < -0.4 is 15.8 Å². The fourth-order valence-corrected chi connectivity index (χ4v) is 3.29. The minimum absolute atomic E-state index is 0.117. The Labute approximate surface area is 190 Å². The van der Waals surface area contributed by atoms with E-state index in [2.05, 4.69) is 15.5 Å². The number of nitrogens with one attached hydrogen (secondary N) is 1. The normalized spacial score (nSPS) is 11.2. The molecule has 0 aliphatic heterocycles. The topological polar surface area (TPSA) is 137 Å². The second kappa shape index (κ2) is 9.05.